The molecule has 0 heterocycles. The van der Waals surface area contributed by atoms with Crippen molar-refractivity contribution in [3.63, 3.8) is 0 Å². The molecule has 0 bridgehead atoms. The van der Waals surface area contributed by atoms with E-state index in [9.17, 15) is 4.39 Å². The molecule has 0 aliphatic heterocycles. The summed E-state index contributed by atoms with van der Waals surface area (Å²) in [4.78, 5) is 0. The third-order valence-corrected chi connectivity index (χ3v) is 3.47. The van der Waals surface area contributed by atoms with Crippen molar-refractivity contribution in [2.75, 3.05) is 20.3 Å². The van der Waals surface area contributed by atoms with Gasteiger partial charge in [0.05, 0.1) is 0 Å². The van der Waals surface area contributed by atoms with E-state index in [1.54, 1.807) is 19.2 Å². The average molecular weight is 267 g/mol. The maximum absolute atomic E-state index is 13.3. The fourth-order valence-corrected chi connectivity index (χ4v) is 2.09. The monoisotopic (exact) mass is 267 g/mol. The Balaban J connectivity index is 2.58. The number of hydrogen-bond acceptors (Lipinski definition) is 2. The molecule has 1 rings (SSSR count). The molecule has 1 unspecified atom stereocenters. The second-order valence-electron chi connectivity index (χ2n) is 5.80. The quantitative estimate of drug-likeness (QED) is 0.770. The maximum atomic E-state index is 13.3. The van der Waals surface area contributed by atoms with Crippen LogP contribution in [0.1, 0.15) is 45.2 Å². The van der Waals surface area contributed by atoms with Crippen molar-refractivity contribution in [2.45, 2.75) is 39.7 Å². The first kappa shape index (κ1) is 16.1. The Hall–Kier alpha value is -0.930. The molecule has 0 aromatic heterocycles. The first-order chi connectivity index (χ1) is 8.98. The summed E-state index contributed by atoms with van der Waals surface area (Å²) < 4.78 is 18.4. The van der Waals surface area contributed by atoms with E-state index in [1.807, 2.05) is 6.07 Å². The van der Waals surface area contributed by atoms with Crippen molar-refractivity contribution in [1.82, 2.24) is 5.32 Å². The summed E-state index contributed by atoms with van der Waals surface area (Å²) in [6.07, 6.45) is 1.96. The van der Waals surface area contributed by atoms with Gasteiger partial charge < -0.3 is 10.1 Å². The maximum Gasteiger partial charge on any atom is 0.123 e. The molecule has 0 saturated heterocycles. The zero-order chi connectivity index (χ0) is 14.3. The van der Waals surface area contributed by atoms with Gasteiger partial charge in [-0.15, -0.1) is 0 Å². The van der Waals surface area contributed by atoms with Crippen LogP contribution in [0.2, 0.25) is 0 Å². The van der Waals surface area contributed by atoms with Crippen LogP contribution >= 0.6 is 0 Å². The van der Waals surface area contributed by atoms with Crippen molar-refractivity contribution in [1.29, 1.82) is 0 Å². The second-order valence-corrected chi connectivity index (χ2v) is 5.80. The molecule has 2 nitrogen and oxygen atoms in total. The number of nitrogens with one attached hydrogen (secondary N) is 1. The topological polar surface area (TPSA) is 21.3 Å². The molecule has 108 valence electrons. The minimum atomic E-state index is -0.170. The minimum absolute atomic E-state index is 0.170. The number of benzene rings is 1. The van der Waals surface area contributed by atoms with Crippen LogP contribution < -0.4 is 5.32 Å². The van der Waals surface area contributed by atoms with Gasteiger partial charge in [0.25, 0.3) is 0 Å². The molecule has 0 spiro atoms. The third kappa shape index (κ3) is 5.70. The first-order valence-electron chi connectivity index (χ1n) is 6.96. The lowest BCUT2D eigenvalue weighted by Crippen LogP contribution is -2.33. The Morgan fingerprint density at radius 1 is 1.37 bits per heavy atom. The Kier molecular flexibility index (Phi) is 6.46. The molecule has 0 aliphatic rings. The van der Waals surface area contributed by atoms with E-state index in [-0.39, 0.29) is 17.3 Å². The molecule has 0 radical (unpaired) electrons. The number of methoxy groups -OCH3 is 1. The van der Waals surface area contributed by atoms with Crippen LogP contribution in [0.5, 0.6) is 0 Å². The molecule has 1 aromatic rings. The summed E-state index contributed by atoms with van der Waals surface area (Å²) in [5.41, 5.74) is 1.20. The lowest BCUT2D eigenvalue weighted by molar-refractivity contribution is 0.148. The molecule has 1 N–H and O–H groups in total. The van der Waals surface area contributed by atoms with E-state index < -0.39 is 0 Å². The van der Waals surface area contributed by atoms with E-state index in [1.165, 1.54) is 6.07 Å². The SMILES string of the molecule is CCC(NCC(C)(C)CCOC)c1cccc(F)c1. The van der Waals surface area contributed by atoms with Crippen molar-refractivity contribution in [3.8, 4) is 0 Å². The van der Waals surface area contributed by atoms with E-state index >= 15 is 0 Å². The van der Waals surface area contributed by atoms with Gasteiger partial charge in [0.15, 0.2) is 0 Å². The van der Waals surface area contributed by atoms with Gasteiger partial charge in [-0.3, -0.25) is 0 Å². The number of hydrogen-bond donors (Lipinski definition) is 1. The minimum Gasteiger partial charge on any atom is -0.385 e. The van der Waals surface area contributed by atoms with Gasteiger partial charge in [0.2, 0.25) is 0 Å². The zero-order valence-corrected chi connectivity index (χ0v) is 12.5. The summed E-state index contributed by atoms with van der Waals surface area (Å²) in [5, 5.41) is 3.54. The number of rotatable bonds is 8. The molecule has 0 aliphatic carbocycles. The summed E-state index contributed by atoms with van der Waals surface area (Å²) in [5.74, 6) is -0.170. The molecule has 0 fully saturated rings. The molecular formula is C16H26FNO. The molecule has 0 saturated carbocycles. The van der Waals surface area contributed by atoms with Crippen molar-refractivity contribution >= 4 is 0 Å². The van der Waals surface area contributed by atoms with Gasteiger partial charge in [-0.25, -0.2) is 4.39 Å². The van der Waals surface area contributed by atoms with E-state index in [0.29, 0.717) is 0 Å². The van der Waals surface area contributed by atoms with Gasteiger partial charge >= 0.3 is 0 Å². The lowest BCUT2D eigenvalue weighted by Gasteiger charge is -2.28. The molecule has 3 heteroatoms. The Morgan fingerprint density at radius 3 is 2.68 bits per heavy atom. The Bertz CT molecular complexity index is 379. The standard InChI is InChI=1S/C16H26FNO/c1-5-15(13-7-6-8-14(17)11-13)18-12-16(2,3)9-10-19-4/h6-8,11,15,18H,5,9-10,12H2,1-4H3. The molecular weight excluding hydrogens is 241 g/mol. The average Bonchev–Trinajstić information content (AvgIpc) is 2.37. The van der Waals surface area contributed by atoms with Gasteiger partial charge in [0.1, 0.15) is 5.82 Å². The second kappa shape index (κ2) is 7.61. The van der Waals surface area contributed by atoms with Crippen LogP contribution in [0.25, 0.3) is 0 Å². The van der Waals surface area contributed by atoms with Crippen LogP contribution in [0.3, 0.4) is 0 Å². The van der Waals surface area contributed by atoms with Gasteiger partial charge in [-0.05, 0) is 36.0 Å². The lowest BCUT2D eigenvalue weighted by atomic mass is 9.89. The van der Waals surface area contributed by atoms with E-state index in [2.05, 4.69) is 26.1 Å². The summed E-state index contributed by atoms with van der Waals surface area (Å²) in [6, 6.07) is 7.05. The highest BCUT2D eigenvalue weighted by Crippen LogP contribution is 2.23. The summed E-state index contributed by atoms with van der Waals surface area (Å²) in [6.45, 7) is 8.22. The molecule has 19 heavy (non-hydrogen) atoms. The van der Waals surface area contributed by atoms with Crippen LogP contribution in [0, 0.1) is 11.2 Å². The number of halogens is 1. The van der Waals surface area contributed by atoms with Crippen molar-refractivity contribution < 1.29 is 9.13 Å². The summed E-state index contributed by atoms with van der Waals surface area (Å²) >= 11 is 0. The van der Waals surface area contributed by atoms with Gasteiger partial charge in [0, 0.05) is 26.3 Å². The van der Waals surface area contributed by atoms with Gasteiger partial charge in [-0.1, -0.05) is 32.9 Å². The Labute approximate surface area is 116 Å². The van der Waals surface area contributed by atoms with Gasteiger partial charge in [-0.2, -0.15) is 0 Å². The summed E-state index contributed by atoms with van der Waals surface area (Å²) in [7, 11) is 1.73. The molecule has 0 amide bonds. The van der Waals surface area contributed by atoms with Crippen molar-refractivity contribution in [2.24, 2.45) is 5.41 Å². The fraction of sp³-hybridized carbons (Fsp3) is 0.625. The van der Waals surface area contributed by atoms with Crippen LogP contribution in [-0.2, 0) is 4.74 Å². The number of ether oxygens (including phenoxy) is 1. The first-order valence-corrected chi connectivity index (χ1v) is 6.96. The van der Waals surface area contributed by atoms with E-state index in [4.69, 9.17) is 4.74 Å². The zero-order valence-electron chi connectivity index (χ0n) is 12.5. The third-order valence-electron chi connectivity index (χ3n) is 3.47. The fourth-order valence-electron chi connectivity index (χ4n) is 2.09. The predicted octanol–water partition coefficient (Wildman–Crippen LogP) is 3.93. The van der Waals surface area contributed by atoms with E-state index in [0.717, 1.165) is 31.6 Å². The van der Waals surface area contributed by atoms with Crippen LogP contribution in [0.4, 0.5) is 4.39 Å². The molecule has 1 aromatic carbocycles. The largest absolute Gasteiger partial charge is 0.385 e. The smallest absolute Gasteiger partial charge is 0.123 e. The van der Waals surface area contributed by atoms with Crippen LogP contribution in [0.15, 0.2) is 24.3 Å². The predicted molar refractivity (Wildman–Crippen MR) is 77.7 cm³/mol. The highest BCUT2D eigenvalue weighted by molar-refractivity contribution is 5.20. The highest BCUT2D eigenvalue weighted by atomic mass is 19.1. The highest BCUT2D eigenvalue weighted by Gasteiger charge is 2.19. The van der Waals surface area contributed by atoms with Crippen LogP contribution in [-0.4, -0.2) is 20.3 Å². The van der Waals surface area contributed by atoms with Crippen molar-refractivity contribution in [3.05, 3.63) is 35.6 Å². The normalized spacial score (nSPS) is 13.5. The Morgan fingerprint density at radius 2 is 2.11 bits per heavy atom. The molecule has 1 atom stereocenters.